The van der Waals surface area contributed by atoms with E-state index in [2.05, 4.69) is 36.3 Å². The van der Waals surface area contributed by atoms with E-state index >= 15 is 0 Å². The summed E-state index contributed by atoms with van der Waals surface area (Å²) in [5, 5.41) is 4.14. The Hall–Kier alpha value is -1.26. The number of thioether (sulfide) groups is 1. The molecule has 2 rings (SSSR count). The highest BCUT2D eigenvalue weighted by molar-refractivity contribution is 7.99. The van der Waals surface area contributed by atoms with E-state index in [9.17, 15) is 0 Å². The summed E-state index contributed by atoms with van der Waals surface area (Å²) in [5.74, 6) is 1.09. The summed E-state index contributed by atoms with van der Waals surface area (Å²) in [6, 6.07) is 8.34. The van der Waals surface area contributed by atoms with E-state index in [1.807, 2.05) is 31.2 Å². The third-order valence-electron chi connectivity index (χ3n) is 2.63. The summed E-state index contributed by atoms with van der Waals surface area (Å²) in [7, 11) is 1.90. The van der Waals surface area contributed by atoms with Gasteiger partial charge < -0.3 is 5.73 Å². The molecule has 4 heteroatoms. The molecule has 0 saturated heterocycles. The van der Waals surface area contributed by atoms with Crippen LogP contribution in [0.5, 0.6) is 0 Å². The van der Waals surface area contributed by atoms with Crippen molar-refractivity contribution in [1.82, 2.24) is 9.78 Å². The van der Waals surface area contributed by atoms with Crippen LogP contribution in [-0.4, -0.2) is 15.5 Å². The van der Waals surface area contributed by atoms with Crippen LogP contribution in [0.25, 0.3) is 0 Å². The van der Waals surface area contributed by atoms with Crippen LogP contribution in [0, 0.1) is 0 Å². The van der Waals surface area contributed by atoms with Crippen molar-refractivity contribution in [1.29, 1.82) is 0 Å². The normalized spacial score (nSPS) is 12.6. The Morgan fingerprint density at radius 3 is 2.53 bits per heavy atom. The Kier molecular flexibility index (Phi) is 3.86. The largest absolute Gasteiger partial charge is 0.320 e. The fourth-order valence-electron chi connectivity index (χ4n) is 1.73. The molecule has 1 atom stereocenters. The lowest BCUT2D eigenvalue weighted by atomic mass is 10.0. The molecule has 0 aliphatic rings. The van der Waals surface area contributed by atoms with Crippen LogP contribution < -0.4 is 5.73 Å². The fraction of sp³-hybridized carbons (Fsp3) is 0.308. The molecule has 1 unspecified atom stereocenters. The van der Waals surface area contributed by atoms with Crippen LogP contribution >= 0.6 is 11.8 Å². The van der Waals surface area contributed by atoms with E-state index < -0.39 is 0 Å². The van der Waals surface area contributed by atoms with Crippen LogP contribution in [0.15, 0.2) is 41.6 Å². The van der Waals surface area contributed by atoms with Crippen molar-refractivity contribution >= 4 is 11.8 Å². The standard InChI is InChI=1S/C13H17N3S/c1-3-17-12-6-4-10(5-7-12)13(14)11-8-15-16(2)9-11/h4-9,13H,3,14H2,1-2H3. The highest BCUT2D eigenvalue weighted by Crippen LogP contribution is 2.23. The second kappa shape index (κ2) is 5.38. The highest BCUT2D eigenvalue weighted by atomic mass is 32.2. The van der Waals surface area contributed by atoms with Gasteiger partial charge in [-0.1, -0.05) is 19.1 Å². The quantitative estimate of drug-likeness (QED) is 0.845. The Labute approximate surface area is 106 Å². The monoisotopic (exact) mass is 247 g/mol. The van der Waals surface area contributed by atoms with Crippen molar-refractivity contribution in [2.24, 2.45) is 12.8 Å². The average molecular weight is 247 g/mol. The summed E-state index contributed by atoms with van der Waals surface area (Å²) in [5.41, 5.74) is 8.36. The summed E-state index contributed by atoms with van der Waals surface area (Å²) in [6.45, 7) is 2.15. The van der Waals surface area contributed by atoms with E-state index in [4.69, 9.17) is 5.73 Å². The zero-order valence-corrected chi connectivity index (χ0v) is 10.9. The molecule has 2 N–H and O–H groups in total. The van der Waals surface area contributed by atoms with Crippen LogP contribution in [0.3, 0.4) is 0 Å². The van der Waals surface area contributed by atoms with E-state index in [1.165, 1.54) is 4.90 Å². The first-order valence-corrected chi connectivity index (χ1v) is 6.66. The molecule has 1 aromatic carbocycles. The second-order valence-corrected chi connectivity index (χ2v) is 5.26. The molecule has 0 aliphatic carbocycles. The van der Waals surface area contributed by atoms with Gasteiger partial charge in [0.1, 0.15) is 0 Å². The number of hydrogen-bond acceptors (Lipinski definition) is 3. The first-order valence-electron chi connectivity index (χ1n) is 5.67. The van der Waals surface area contributed by atoms with Gasteiger partial charge in [-0.3, -0.25) is 4.68 Å². The van der Waals surface area contributed by atoms with Gasteiger partial charge in [-0.05, 0) is 23.4 Å². The minimum Gasteiger partial charge on any atom is -0.320 e. The van der Waals surface area contributed by atoms with Crippen molar-refractivity contribution in [3.05, 3.63) is 47.8 Å². The Balaban J connectivity index is 2.16. The van der Waals surface area contributed by atoms with Crippen molar-refractivity contribution < 1.29 is 0 Å². The van der Waals surface area contributed by atoms with Gasteiger partial charge in [0.25, 0.3) is 0 Å². The number of nitrogens with two attached hydrogens (primary N) is 1. The van der Waals surface area contributed by atoms with Gasteiger partial charge in [0, 0.05) is 23.7 Å². The smallest absolute Gasteiger partial charge is 0.0582 e. The minimum atomic E-state index is -0.0932. The third kappa shape index (κ3) is 2.90. The van der Waals surface area contributed by atoms with E-state index in [0.717, 1.165) is 16.9 Å². The molecule has 1 heterocycles. The van der Waals surface area contributed by atoms with Gasteiger partial charge in [0.05, 0.1) is 12.2 Å². The molecule has 17 heavy (non-hydrogen) atoms. The molecule has 2 aromatic rings. The average Bonchev–Trinajstić information content (AvgIpc) is 2.76. The van der Waals surface area contributed by atoms with Gasteiger partial charge in [-0.15, -0.1) is 11.8 Å². The second-order valence-electron chi connectivity index (χ2n) is 3.93. The van der Waals surface area contributed by atoms with Gasteiger partial charge in [-0.2, -0.15) is 5.10 Å². The number of benzene rings is 1. The Morgan fingerprint density at radius 2 is 2.00 bits per heavy atom. The van der Waals surface area contributed by atoms with Gasteiger partial charge >= 0.3 is 0 Å². The molecule has 90 valence electrons. The molecule has 0 bridgehead atoms. The predicted octanol–water partition coefficient (Wildman–Crippen LogP) is 2.58. The maximum Gasteiger partial charge on any atom is 0.0582 e. The molecule has 0 amide bonds. The fourth-order valence-corrected chi connectivity index (χ4v) is 2.39. The van der Waals surface area contributed by atoms with E-state index in [-0.39, 0.29) is 6.04 Å². The molecule has 0 fully saturated rings. The van der Waals surface area contributed by atoms with Gasteiger partial charge in [0.2, 0.25) is 0 Å². The van der Waals surface area contributed by atoms with Gasteiger partial charge in [-0.25, -0.2) is 0 Å². The highest BCUT2D eigenvalue weighted by Gasteiger charge is 2.10. The molecule has 0 spiro atoms. The number of nitrogens with zero attached hydrogens (tertiary/aromatic N) is 2. The molecular weight excluding hydrogens is 230 g/mol. The summed E-state index contributed by atoms with van der Waals surface area (Å²) in [4.78, 5) is 1.29. The topological polar surface area (TPSA) is 43.8 Å². The number of aromatic nitrogens is 2. The molecule has 0 aliphatic heterocycles. The van der Waals surface area contributed by atoms with Crippen LogP contribution in [0.1, 0.15) is 24.1 Å². The first kappa shape index (κ1) is 12.2. The molecule has 3 nitrogen and oxygen atoms in total. The molecular formula is C13H17N3S. The lowest BCUT2D eigenvalue weighted by molar-refractivity contribution is 0.765. The molecule has 0 saturated carbocycles. The summed E-state index contributed by atoms with van der Waals surface area (Å²) >= 11 is 1.84. The van der Waals surface area contributed by atoms with Crippen LogP contribution in [-0.2, 0) is 7.05 Å². The lowest BCUT2D eigenvalue weighted by Gasteiger charge is -2.10. The zero-order valence-electron chi connectivity index (χ0n) is 10.1. The third-order valence-corrected chi connectivity index (χ3v) is 3.53. The van der Waals surface area contributed by atoms with E-state index in [1.54, 1.807) is 4.68 Å². The first-order chi connectivity index (χ1) is 8.20. The Bertz CT molecular complexity index is 476. The van der Waals surface area contributed by atoms with E-state index in [0.29, 0.717) is 0 Å². The van der Waals surface area contributed by atoms with Crippen LogP contribution in [0.2, 0.25) is 0 Å². The van der Waals surface area contributed by atoms with Crippen molar-refractivity contribution in [2.75, 3.05) is 5.75 Å². The zero-order chi connectivity index (χ0) is 12.3. The number of aryl methyl sites for hydroxylation is 1. The van der Waals surface area contributed by atoms with Crippen molar-refractivity contribution in [3.63, 3.8) is 0 Å². The predicted molar refractivity (Wildman–Crippen MR) is 72.1 cm³/mol. The summed E-state index contributed by atoms with van der Waals surface area (Å²) in [6.07, 6.45) is 3.78. The number of hydrogen-bond donors (Lipinski definition) is 1. The summed E-state index contributed by atoms with van der Waals surface area (Å²) < 4.78 is 1.77. The molecule has 1 aromatic heterocycles. The maximum absolute atomic E-state index is 6.19. The van der Waals surface area contributed by atoms with Crippen molar-refractivity contribution in [3.8, 4) is 0 Å². The lowest BCUT2D eigenvalue weighted by Crippen LogP contribution is -2.10. The van der Waals surface area contributed by atoms with Crippen LogP contribution in [0.4, 0.5) is 0 Å². The maximum atomic E-state index is 6.19. The SMILES string of the molecule is CCSc1ccc(C(N)c2cnn(C)c2)cc1. The Morgan fingerprint density at radius 1 is 1.29 bits per heavy atom. The van der Waals surface area contributed by atoms with Gasteiger partial charge in [0.15, 0.2) is 0 Å². The molecule has 0 radical (unpaired) electrons. The minimum absolute atomic E-state index is 0.0932. The number of rotatable bonds is 4. The van der Waals surface area contributed by atoms with Crippen molar-refractivity contribution in [2.45, 2.75) is 17.9 Å².